The van der Waals surface area contributed by atoms with E-state index >= 15 is 0 Å². The fraction of sp³-hybridized carbons (Fsp3) is 1.00. The van der Waals surface area contributed by atoms with Gasteiger partial charge in [-0.15, -0.1) is 0 Å². The average Bonchev–Trinajstić information content (AvgIpc) is 2.15. The van der Waals surface area contributed by atoms with Gasteiger partial charge in [0.25, 0.3) is 0 Å². The Bertz CT molecular complexity index is 149. The smallest absolute Gasteiger partial charge is 0.0431 e. The summed E-state index contributed by atoms with van der Waals surface area (Å²) >= 11 is 0. The lowest BCUT2D eigenvalue weighted by atomic mass is 9.91. The fourth-order valence-corrected chi connectivity index (χ4v) is 2.17. The predicted molar refractivity (Wildman–Crippen MR) is 63.8 cm³/mol. The maximum absolute atomic E-state index is 8.67. The van der Waals surface area contributed by atoms with Crippen molar-refractivity contribution in [3.63, 3.8) is 0 Å². The quantitative estimate of drug-likeness (QED) is 0.570. The van der Waals surface area contributed by atoms with Crippen LogP contribution in [0.1, 0.15) is 44.9 Å². The van der Waals surface area contributed by atoms with Gasteiger partial charge in [0.05, 0.1) is 0 Å². The molecule has 0 heterocycles. The standard InChI is InChI=1S/C12H26N2O/c13-8-10-14(12-6-5-7-12)9-3-1-2-4-11-15/h12,15H,1-11,13H2. The third-order valence-electron chi connectivity index (χ3n) is 3.36. The summed E-state index contributed by atoms with van der Waals surface area (Å²) in [7, 11) is 0. The van der Waals surface area contributed by atoms with Crippen LogP contribution in [-0.4, -0.2) is 42.3 Å². The molecule has 15 heavy (non-hydrogen) atoms. The second-order valence-corrected chi connectivity index (χ2v) is 4.55. The molecular formula is C12H26N2O. The summed E-state index contributed by atoms with van der Waals surface area (Å²) in [4.78, 5) is 2.56. The Morgan fingerprint density at radius 1 is 1.07 bits per heavy atom. The first-order valence-electron chi connectivity index (χ1n) is 6.43. The Hall–Kier alpha value is -0.120. The maximum atomic E-state index is 8.67. The molecule has 1 fully saturated rings. The predicted octanol–water partition coefficient (Wildman–Crippen LogP) is 1.35. The number of aliphatic hydroxyl groups excluding tert-OH is 1. The first-order chi connectivity index (χ1) is 7.38. The average molecular weight is 214 g/mol. The lowest BCUT2D eigenvalue weighted by Crippen LogP contribution is -2.43. The molecule has 0 aliphatic heterocycles. The number of hydrogen-bond acceptors (Lipinski definition) is 3. The van der Waals surface area contributed by atoms with Gasteiger partial charge in [-0.3, -0.25) is 4.90 Å². The summed E-state index contributed by atoms with van der Waals surface area (Å²) < 4.78 is 0. The van der Waals surface area contributed by atoms with Crippen molar-refractivity contribution >= 4 is 0 Å². The Morgan fingerprint density at radius 2 is 1.80 bits per heavy atom. The Kier molecular flexibility index (Phi) is 6.98. The molecule has 0 saturated heterocycles. The zero-order valence-corrected chi connectivity index (χ0v) is 9.83. The molecule has 0 bridgehead atoms. The molecular weight excluding hydrogens is 188 g/mol. The molecule has 90 valence electrons. The normalized spacial score (nSPS) is 17.0. The minimum Gasteiger partial charge on any atom is -0.396 e. The second-order valence-electron chi connectivity index (χ2n) is 4.55. The molecule has 0 radical (unpaired) electrons. The van der Waals surface area contributed by atoms with Crippen LogP contribution in [0.5, 0.6) is 0 Å². The first kappa shape index (κ1) is 12.9. The highest BCUT2D eigenvalue weighted by Crippen LogP contribution is 2.24. The molecule has 1 saturated carbocycles. The summed E-state index contributed by atoms with van der Waals surface area (Å²) in [5, 5.41) is 8.67. The van der Waals surface area contributed by atoms with Gasteiger partial charge in [0.1, 0.15) is 0 Å². The van der Waals surface area contributed by atoms with Crippen molar-refractivity contribution in [3.05, 3.63) is 0 Å². The lowest BCUT2D eigenvalue weighted by molar-refractivity contribution is 0.128. The second kappa shape index (κ2) is 8.08. The van der Waals surface area contributed by atoms with Crippen molar-refractivity contribution in [1.29, 1.82) is 0 Å². The minimum atomic E-state index is 0.342. The van der Waals surface area contributed by atoms with E-state index in [0.717, 1.165) is 32.0 Å². The number of unbranched alkanes of at least 4 members (excludes halogenated alkanes) is 3. The molecule has 1 rings (SSSR count). The molecule has 0 atom stereocenters. The SMILES string of the molecule is NCCN(CCCCCCO)C1CCC1. The van der Waals surface area contributed by atoms with Crippen LogP contribution >= 0.6 is 0 Å². The van der Waals surface area contributed by atoms with Gasteiger partial charge in [-0.25, -0.2) is 0 Å². The summed E-state index contributed by atoms with van der Waals surface area (Å²) in [5.74, 6) is 0. The van der Waals surface area contributed by atoms with Crippen molar-refractivity contribution in [2.75, 3.05) is 26.2 Å². The maximum Gasteiger partial charge on any atom is 0.0431 e. The third kappa shape index (κ3) is 4.96. The van der Waals surface area contributed by atoms with E-state index in [1.165, 1.54) is 38.6 Å². The van der Waals surface area contributed by atoms with Crippen LogP contribution in [0.3, 0.4) is 0 Å². The van der Waals surface area contributed by atoms with Gasteiger partial charge < -0.3 is 10.8 Å². The zero-order valence-electron chi connectivity index (χ0n) is 9.83. The van der Waals surface area contributed by atoms with Gasteiger partial charge in [-0.1, -0.05) is 19.3 Å². The topological polar surface area (TPSA) is 49.5 Å². The van der Waals surface area contributed by atoms with E-state index in [4.69, 9.17) is 10.8 Å². The van der Waals surface area contributed by atoms with E-state index in [9.17, 15) is 0 Å². The number of hydrogen-bond donors (Lipinski definition) is 2. The molecule has 0 amide bonds. The van der Waals surface area contributed by atoms with Crippen molar-refractivity contribution in [1.82, 2.24) is 4.90 Å². The summed E-state index contributed by atoms with van der Waals surface area (Å²) in [6.45, 7) is 3.39. The number of aliphatic hydroxyl groups is 1. The fourth-order valence-electron chi connectivity index (χ4n) is 2.17. The van der Waals surface area contributed by atoms with Crippen molar-refractivity contribution < 1.29 is 5.11 Å². The van der Waals surface area contributed by atoms with E-state index in [2.05, 4.69) is 4.90 Å². The van der Waals surface area contributed by atoms with Crippen molar-refractivity contribution in [2.45, 2.75) is 51.0 Å². The van der Waals surface area contributed by atoms with Crippen molar-refractivity contribution in [2.24, 2.45) is 5.73 Å². The van der Waals surface area contributed by atoms with E-state index in [0.29, 0.717) is 6.61 Å². The molecule has 3 heteroatoms. The van der Waals surface area contributed by atoms with E-state index in [1.54, 1.807) is 0 Å². The summed E-state index contributed by atoms with van der Waals surface area (Å²) in [6.07, 6.45) is 8.77. The highest BCUT2D eigenvalue weighted by atomic mass is 16.2. The Labute approximate surface area is 93.6 Å². The molecule has 0 aromatic rings. The van der Waals surface area contributed by atoms with Crippen LogP contribution in [0.4, 0.5) is 0 Å². The molecule has 0 spiro atoms. The van der Waals surface area contributed by atoms with Gasteiger partial charge >= 0.3 is 0 Å². The molecule has 1 aliphatic carbocycles. The Balaban J connectivity index is 2.03. The van der Waals surface area contributed by atoms with Crippen LogP contribution in [0.15, 0.2) is 0 Å². The highest BCUT2D eigenvalue weighted by Gasteiger charge is 2.23. The molecule has 0 aromatic heterocycles. The summed E-state index contributed by atoms with van der Waals surface area (Å²) in [5.41, 5.74) is 5.62. The largest absolute Gasteiger partial charge is 0.396 e. The van der Waals surface area contributed by atoms with Crippen LogP contribution in [0, 0.1) is 0 Å². The zero-order chi connectivity index (χ0) is 10.9. The van der Waals surface area contributed by atoms with Gasteiger partial charge in [-0.2, -0.15) is 0 Å². The molecule has 3 N–H and O–H groups in total. The number of nitrogens with two attached hydrogens (primary N) is 1. The minimum absolute atomic E-state index is 0.342. The summed E-state index contributed by atoms with van der Waals surface area (Å²) in [6, 6.07) is 0.825. The molecule has 0 unspecified atom stereocenters. The van der Waals surface area contributed by atoms with Gasteiger partial charge in [0.2, 0.25) is 0 Å². The van der Waals surface area contributed by atoms with Crippen molar-refractivity contribution in [3.8, 4) is 0 Å². The number of rotatable bonds is 9. The monoisotopic (exact) mass is 214 g/mol. The third-order valence-corrected chi connectivity index (χ3v) is 3.36. The number of nitrogens with zero attached hydrogens (tertiary/aromatic N) is 1. The van der Waals surface area contributed by atoms with E-state index in [1.807, 2.05) is 0 Å². The van der Waals surface area contributed by atoms with Gasteiger partial charge in [0.15, 0.2) is 0 Å². The van der Waals surface area contributed by atoms with Gasteiger partial charge in [-0.05, 0) is 32.2 Å². The molecule has 0 aromatic carbocycles. The van der Waals surface area contributed by atoms with Crippen LogP contribution in [0.2, 0.25) is 0 Å². The van der Waals surface area contributed by atoms with Gasteiger partial charge in [0, 0.05) is 25.7 Å². The van der Waals surface area contributed by atoms with Crippen LogP contribution in [-0.2, 0) is 0 Å². The Morgan fingerprint density at radius 3 is 2.33 bits per heavy atom. The lowest BCUT2D eigenvalue weighted by Gasteiger charge is -2.37. The van der Waals surface area contributed by atoms with E-state index in [-0.39, 0.29) is 0 Å². The highest BCUT2D eigenvalue weighted by molar-refractivity contribution is 4.80. The molecule has 1 aliphatic rings. The molecule has 3 nitrogen and oxygen atoms in total. The van der Waals surface area contributed by atoms with E-state index < -0.39 is 0 Å². The van der Waals surface area contributed by atoms with Crippen LogP contribution in [0.25, 0.3) is 0 Å². The first-order valence-corrected chi connectivity index (χ1v) is 6.43. The van der Waals surface area contributed by atoms with Crippen LogP contribution < -0.4 is 5.73 Å².